The first-order valence-electron chi connectivity index (χ1n) is 10.2. The number of hydrogen-bond donors (Lipinski definition) is 3. The normalized spacial score (nSPS) is 10.8. The SMILES string of the molecule is COCCOCCCNC(=O)c1nc(NC(=O)Nc2ccc(Cl)cc2C)cn1CCOC. The van der Waals surface area contributed by atoms with Crippen molar-refractivity contribution < 1.29 is 23.8 Å². The summed E-state index contributed by atoms with van der Waals surface area (Å²) in [5.74, 6) is 0.0820. The molecule has 176 valence electrons. The molecule has 11 heteroatoms. The van der Waals surface area contributed by atoms with Crippen LogP contribution in [0.2, 0.25) is 5.02 Å². The van der Waals surface area contributed by atoms with Crippen LogP contribution in [-0.2, 0) is 20.8 Å². The van der Waals surface area contributed by atoms with Crippen molar-refractivity contribution in [1.29, 1.82) is 0 Å². The highest BCUT2D eigenvalue weighted by atomic mass is 35.5. The first-order valence-corrected chi connectivity index (χ1v) is 10.6. The van der Waals surface area contributed by atoms with Crippen molar-refractivity contribution in [2.45, 2.75) is 19.9 Å². The summed E-state index contributed by atoms with van der Waals surface area (Å²) < 4.78 is 17.0. The largest absolute Gasteiger partial charge is 0.383 e. The number of urea groups is 1. The summed E-state index contributed by atoms with van der Waals surface area (Å²) in [6, 6.07) is 4.68. The van der Waals surface area contributed by atoms with Gasteiger partial charge in [0.25, 0.3) is 5.91 Å². The van der Waals surface area contributed by atoms with E-state index in [1.165, 1.54) is 0 Å². The van der Waals surface area contributed by atoms with Gasteiger partial charge in [0.1, 0.15) is 0 Å². The Morgan fingerprint density at radius 3 is 2.59 bits per heavy atom. The molecular weight excluding hydrogens is 438 g/mol. The number of aryl methyl sites for hydroxylation is 1. The Bertz CT molecular complexity index is 889. The van der Waals surface area contributed by atoms with Gasteiger partial charge in [0.05, 0.1) is 19.8 Å². The molecule has 3 amide bonds. The summed E-state index contributed by atoms with van der Waals surface area (Å²) in [6.45, 7) is 4.63. The Morgan fingerprint density at radius 2 is 1.88 bits per heavy atom. The van der Waals surface area contributed by atoms with Crippen LogP contribution >= 0.6 is 11.6 Å². The zero-order valence-corrected chi connectivity index (χ0v) is 19.3. The fraction of sp³-hybridized carbons (Fsp3) is 0.476. The van der Waals surface area contributed by atoms with Crippen molar-refractivity contribution >= 4 is 35.0 Å². The standard InChI is InChI=1S/C21H30ClN5O5/c1-15-13-16(22)5-6-17(15)24-21(29)26-18-14-27(8-10-30-2)19(25-18)20(28)23-7-4-9-32-12-11-31-3/h5-6,13-14H,4,7-12H2,1-3H3,(H,23,28)(H2,24,26,29). The van der Waals surface area contributed by atoms with Crippen LogP contribution in [0.25, 0.3) is 0 Å². The number of benzene rings is 1. The van der Waals surface area contributed by atoms with Crippen molar-refractivity contribution in [2.75, 3.05) is 57.8 Å². The fourth-order valence-electron chi connectivity index (χ4n) is 2.75. The highest BCUT2D eigenvalue weighted by molar-refractivity contribution is 6.30. The number of methoxy groups -OCH3 is 2. The van der Waals surface area contributed by atoms with Gasteiger partial charge >= 0.3 is 6.03 Å². The lowest BCUT2D eigenvalue weighted by Gasteiger charge is -2.08. The monoisotopic (exact) mass is 467 g/mol. The van der Waals surface area contributed by atoms with Crippen molar-refractivity contribution in [3.63, 3.8) is 0 Å². The second kappa shape index (κ2) is 13.7. The van der Waals surface area contributed by atoms with E-state index in [1.807, 2.05) is 6.92 Å². The predicted molar refractivity (Wildman–Crippen MR) is 123 cm³/mol. The third-order valence-electron chi connectivity index (χ3n) is 4.38. The van der Waals surface area contributed by atoms with Gasteiger partial charge in [0, 0.05) is 50.8 Å². The van der Waals surface area contributed by atoms with E-state index in [1.54, 1.807) is 43.2 Å². The van der Waals surface area contributed by atoms with E-state index in [9.17, 15) is 9.59 Å². The van der Waals surface area contributed by atoms with Crippen molar-refractivity contribution in [3.8, 4) is 0 Å². The predicted octanol–water partition coefficient (Wildman–Crippen LogP) is 2.92. The molecule has 0 unspecified atom stereocenters. The number of anilines is 2. The molecule has 0 radical (unpaired) electrons. The summed E-state index contributed by atoms with van der Waals surface area (Å²) in [6.07, 6.45) is 2.25. The van der Waals surface area contributed by atoms with E-state index >= 15 is 0 Å². The number of carbonyl (C=O) groups excluding carboxylic acids is 2. The number of carbonyl (C=O) groups is 2. The van der Waals surface area contributed by atoms with Gasteiger partial charge in [0.2, 0.25) is 5.82 Å². The number of aromatic nitrogens is 2. The lowest BCUT2D eigenvalue weighted by Crippen LogP contribution is -2.28. The molecule has 32 heavy (non-hydrogen) atoms. The molecule has 0 aliphatic rings. The topological polar surface area (TPSA) is 116 Å². The Balaban J connectivity index is 1.95. The molecule has 10 nitrogen and oxygen atoms in total. The number of halogens is 1. The molecule has 0 bridgehead atoms. The average Bonchev–Trinajstić information content (AvgIpc) is 3.16. The molecule has 0 fully saturated rings. The molecule has 0 atom stereocenters. The molecule has 3 N–H and O–H groups in total. The molecule has 1 heterocycles. The maximum Gasteiger partial charge on any atom is 0.324 e. The molecule has 1 aromatic heterocycles. The van der Waals surface area contributed by atoms with Gasteiger partial charge in [-0.05, 0) is 37.1 Å². The van der Waals surface area contributed by atoms with E-state index in [4.69, 9.17) is 25.8 Å². The Hall–Kier alpha value is -2.66. The third kappa shape index (κ3) is 8.46. The summed E-state index contributed by atoms with van der Waals surface area (Å²) in [7, 11) is 3.18. The van der Waals surface area contributed by atoms with Crippen LogP contribution in [-0.4, -0.2) is 68.7 Å². The lowest BCUT2D eigenvalue weighted by atomic mass is 10.2. The Labute approximate surface area is 192 Å². The molecule has 2 rings (SSSR count). The number of nitrogens with one attached hydrogen (secondary N) is 3. The van der Waals surface area contributed by atoms with Gasteiger partial charge in [-0.1, -0.05) is 11.6 Å². The van der Waals surface area contributed by atoms with Gasteiger partial charge < -0.3 is 29.4 Å². The van der Waals surface area contributed by atoms with E-state index in [2.05, 4.69) is 20.9 Å². The first kappa shape index (κ1) is 25.6. The number of hydrogen-bond acceptors (Lipinski definition) is 6. The highest BCUT2D eigenvalue weighted by Gasteiger charge is 2.17. The maximum absolute atomic E-state index is 12.6. The minimum absolute atomic E-state index is 0.181. The van der Waals surface area contributed by atoms with Gasteiger partial charge in [-0.3, -0.25) is 10.1 Å². The van der Waals surface area contributed by atoms with Gasteiger partial charge in [-0.15, -0.1) is 0 Å². The molecular formula is C21H30ClN5O5. The molecule has 0 saturated carbocycles. The number of imidazole rings is 1. The second-order valence-corrected chi connectivity index (χ2v) is 7.33. The van der Waals surface area contributed by atoms with Crippen LogP contribution < -0.4 is 16.0 Å². The van der Waals surface area contributed by atoms with Crippen molar-refractivity contribution in [1.82, 2.24) is 14.9 Å². The van der Waals surface area contributed by atoms with E-state index in [0.717, 1.165) is 5.56 Å². The van der Waals surface area contributed by atoms with Gasteiger partial charge in [-0.25, -0.2) is 9.78 Å². The van der Waals surface area contributed by atoms with Crippen LogP contribution in [0, 0.1) is 6.92 Å². The second-order valence-electron chi connectivity index (χ2n) is 6.89. The third-order valence-corrected chi connectivity index (χ3v) is 4.61. The molecule has 1 aromatic carbocycles. The molecule has 0 aliphatic carbocycles. The molecule has 0 saturated heterocycles. The minimum atomic E-state index is -0.480. The highest BCUT2D eigenvalue weighted by Crippen LogP contribution is 2.20. The summed E-state index contributed by atoms with van der Waals surface area (Å²) in [4.78, 5) is 29.3. The van der Waals surface area contributed by atoms with Gasteiger partial charge in [0.15, 0.2) is 5.82 Å². The average molecular weight is 468 g/mol. The van der Waals surface area contributed by atoms with E-state index in [0.29, 0.717) is 56.6 Å². The van der Waals surface area contributed by atoms with Crippen LogP contribution in [0.15, 0.2) is 24.4 Å². The number of rotatable bonds is 13. The quantitative estimate of drug-likeness (QED) is 0.390. The zero-order valence-electron chi connectivity index (χ0n) is 18.6. The van der Waals surface area contributed by atoms with Crippen LogP contribution in [0.1, 0.15) is 22.6 Å². The van der Waals surface area contributed by atoms with Crippen LogP contribution in [0.3, 0.4) is 0 Å². The summed E-state index contributed by atoms with van der Waals surface area (Å²) in [5.41, 5.74) is 1.45. The Morgan fingerprint density at radius 1 is 1.09 bits per heavy atom. The van der Waals surface area contributed by atoms with Crippen LogP contribution in [0.4, 0.5) is 16.3 Å². The van der Waals surface area contributed by atoms with Crippen molar-refractivity contribution in [3.05, 3.63) is 40.8 Å². The molecule has 0 aliphatic heterocycles. The Kier molecular flexibility index (Phi) is 10.9. The van der Waals surface area contributed by atoms with Crippen LogP contribution in [0.5, 0.6) is 0 Å². The van der Waals surface area contributed by atoms with E-state index < -0.39 is 6.03 Å². The fourth-order valence-corrected chi connectivity index (χ4v) is 2.98. The van der Waals surface area contributed by atoms with Crippen molar-refractivity contribution in [2.24, 2.45) is 0 Å². The molecule has 0 spiro atoms. The lowest BCUT2D eigenvalue weighted by molar-refractivity contribution is 0.0687. The smallest absolute Gasteiger partial charge is 0.324 e. The number of nitrogens with zero attached hydrogens (tertiary/aromatic N) is 2. The molecule has 2 aromatic rings. The van der Waals surface area contributed by atoms with E-state index in [-0.39, 0.29) is 17.5 Å². The minimum Gasteiger partial charge on any atom is -0.383 e. The van der Waals surface area contributed by atoms with Gasteiger partial charge in [-0.2, -0.15) is 0 Å². The number of amides is 3. The zero-order chi connectivity index (χ0) is 23.3. The maximum atomic E-state index is 12.6. The summed E-state index contributed by atoms with van der Waals surface area (Å²) >= 11 is 5.95. The first-order chi connectivity index (χ1) is 15.4. The summed E-state index contributed by atoms with van der Waals surface area (Å²) in [5, 5.41) is 8.79. The number of ether oxygens (including phenoxy) is 3.